The topological polar surface area (TPSA) is 43.8 Å². The van der Waals surface area contributed by atoms with Gasteiger partial charge < -0.3 is 5.73 Å². The van der Waals surface area contributed by atoms with Gasteiger partial charge in [0.15, 0.2) is 0 Å². The molecule has 96 valence electrons. The Hall–Kier alpha value is -1.56. The molecule has 1 aromatic heterocycles. The van der Waals surface area contributed by atoms with E-state index < -0.39 is 0 Å². The van der Waals surface area contributed by atoms with Gasteiger partial charge in [-0.1, -0.05) is 17.7 Å². The summed E-state index contributed by atoms with van der Waals surface area (Å²) in [6.45, 7) is 4.19. The first-order valence-electron chi connectivity index (χ1n) is 6.07. The Bertz CT molecular complexity index is 774. The van der Waals surface area contributed by atoms with Gasteiger partial charge in [-0.2, -0.15) is 0 Å². The van der Waals surface area contributed by atoms with Gasteiger partial charge in [0.05, 0.1) is 16.7 Å². The Morgan fingerprint density at radius 3 is 2.63 bits per heavy atom. The number of aromatic nitrogens is 2. The highest BCUT2D eigenvalue weighted by Gasteiger charge is 2.11. The number of nitrogens with two attached hydrogens (primary N) is 1. The summed E-state index contributed by atoms with van der Waals surface area (Å²) in [6.07, 6.45) is 0. The van der Waals surface area contributed by atoms with Gasteiger partial charge in [0, 0.05) is 3.57 Å². The van der Waals surface area contributed by atoms with Gasteiger partial charge >= 0.3 is 0 Å². The van der Waals surface area contributed by atoms with Crippen LogP contribution >= 0.6 is 22.6 Å². The number of nitrogens with zero attached hydrogens (tertiary/aromatic N) is 2. The van der Waals surface area contributed by atoms with E-state index in [1.54, 1.807) is 0 Å². The van der Waals surface area contributed by atoms with Crippen LogP contribution in [0.25, 0.3) is 16.7 Å². The molecule has 3 aromatic rings. The Kier molecular flexibility index (Phi) is 2.97. The number of halogens is 1. The molecule has 0 amide bonds. The van der Waals surface area contributed by atoms with E-state index in [1.807, 2.05) is 10.6 Å². The number of benzene rings is 2. The van der Waals surface area contributed by atoms with Crippen molar-refractivity contribution in [3.63, 3.8) is 0 Å². The zero-order chi connectivity index (χ0) is 13.6. The highest BCUT2D eigenvalue weighted by Crippen LogP contribution is 2.26. The van der Waals surface area contributed by atoms with Crippen molar-refractivity contribution in [2.75, 3.05) is 5.73 Å². The van der Waals surface area contributed by atoms with Crippen LogP contribution in [0.3, 0.4) is 0 Å². The smallest absolute Gasteiger partial charge is 0.205 e. The molecule has 2 N–H and O–H groups in total. The summed E-state index contributed by atoms with van der Waals surface area (Å²) in [5.74, 6) is 0.531. The van der Waals surface area contributed by atoms with Crippen LogP contribution in [-0.2, 0) is 0 Å². The van der Waals surface area contributed by atoms with Gasteiger partial charge in [0.1, 0.15) is 0 Å². The predicted molar refractivity (Wildman–Crippen MR) is 87.7 cm³/mol. The summed E-state index contributed by atoms with van der Waals surface area (Å²) in [5.41, 5.74) is 11.6. The third kappa shape index (κ3) is 2.10. The van der Waals surface area contributed by atoms with Crippen molar-refractivity contribution in [2.45, 2.75) is 13.8 Å². The lowest BCUT2D eigenvalue weighted by molar-refractivity contribution is 1.09. The van der Waals surface area contributed by atoms with Crippen LogP contribution < -0.4 is 5.73 Å². The maximum atomic E-state index is 6.09. The van der Waals surface area contributed by atoms with Crippen LogP contribution in [0.2, 0.25) is 0 Å². The summed E-state index contributed by atoms with van der Waals surface area (Å²) in [5, 5.41) is 0. The van der Waals surface area contributed by atoms with Gasteiger partial charge in [0.25, 0.3) is 0 Å². The van der Waals surface area contributed by atoms with Gasteiger partial charge in [-0.25, -0.2) is 4.98 Å². The molecule has 0 saturated heterocycles. The molecule has 0 saturated carbocycles. The van der Waals surface area contributed by atoms with Crippen molar-refractivity contribution in [3.8, 4) is 5.69 Å². The van der Waals surface area contributed by atoms with Crippen molar-refractivity contribution in [1.29, 1.82) is 0 Å². The summed E-state index contributed by atoms with van der Waals surface area (Å²) in [6, 6.07) is 12.5. The molecule has 4 heteroatoms. The molecule has 0 aliphatic heterocycles. The fraction of sp³-hybridized carbons (Fsp3) is 0.133. The van der Waals surface area contributed by atoms with Crippen molar-refractivity contribution in [1.82, 2.24) is 9.55 Å². The van der Waals surface area contributed by atoms with E-state index in [0.717, 1.165) is 20.3 Å². The molecule has 0 fully saturated rings. The number of aryl methyl sites for hydroxylation is 2. The number of rotatable bonds is 1. The number of fused-ring (bicyclic) bond motifs is 1. The molecule has 0 spiro atoms. The molecular weight excluding hydrogens is 349 g/mol. The molecule has 0 unspecified atom stereocenters. The minimum absolute atomic E-state index is 0.531. The van der Waals surface area contributed by atoms with E-state index in [2.05, 4.69) is 71.8 Å². The lowest BCUT2D eigenvalue weighted by Gasteiger charge is -2.10. The molecule has 3 rings (SSSR count). The average molecular weight is 363 g/mol. The SMILES string of the molecule is Cc1ccc(-n2c(N)nc3cc(I)ccc32)c(C)c1. The van der Waals surface area contributed by atoms with Gasteiger partial charge in [-0.15, -0.1) is 0 Å². The first-order chi connectivity index (χ1) is 9.06. The number of hydrogen-bond acceptors (Lipinski definition) is 2. The standard InChI is InChI=1S/C15H14IN3/c1-9-3-5-13(10(2)7-9)19-14-6-4-11(16)8-12(14)18-15(19)17/h3-8H,1-2H3,(H2,17,18). The molecule has 0 aliphatic carbocycles. The third-order valence-corrected chi connectivity index (χ3v) is 3.91. The minimum Gasteiger partial charge on any atom is -0.369 e. The van der Waals surface area contributed by atoms with E-state index in [9.17, 15) is 0 Å². The van der Waals surface area contributed by atoms with E-state index in [0.29, 0.717) is 5.95 Å². The molecule has 3 nitrogen and oxygen atoms in total. The lowest BCUT2D eigenvalue weighted by Crippen LogP contribution is -2.02. The fourth-order valence-electron chi connectivity index (χ4n) is 2.38. The highest BCUT2D eigenvalue weighted by atomic mass is 127. The van der Waals surface area contributed by atoms with E-state index in [1.165, 1.54) is 11.1 Å². The fourth-order valence-corrected chi connectivity index (χ4v) is 2.86. The number of imidazole rings is 1. The van der Waals surface area contributed by atoms with Gasteiger partial charge in [-0.05, 0) is 66.3 Å². The second kappa shape index (κ2) is 4.52. The highest BCUT2D eigenvalue weighted by molar-refractivity contribution is 14.1. The molecule has 0 bridgehead atoms. The second-order valence-electron chi connectivity index (χ2n) is 4.73. The maximum absolute atomic E-state index is 6.09. The molecule has 0 aliphatic rings. The third-order valence-electron chi connectivity index (χ3n) is 3.24. The molecule has 1 heterocycles. The number of nitrogen functional groups attached to an aromatic ring is 1. The van der Waals surface area contributed by atoms with Crippen LogP contribution in [-0.4, -0.2) is 9.55 Å². The molecule has 19 heavy (non-hydrogen) atoms. The van der Waals surface area contributed by atoms with Crippen LogP contribution in [0.1, 0.15) is 11.1 Å². The quantitative estimate of drug-likeness (QED) is 0.668. The summed E-state index contributed by atoms with van der Waals surface area (Å²) in [4.78, 5) is 4.45. The Balaban J connectivity index is 2.33. The van der Waals surface area contributed by atoms with Crippen molar-refractivity contribution < 1.29 is 0 Å². The molecule has 2 aromatic carbocycles. The zero-order valence-corrected chi connectivity index (χ0v) is 13.0. The van der Waals surface area contributed by atoms with Crippen LogP contribution in [0.15, 0.2) is 36.4 Å². The number of hydrogen-bond donors (Lipinski definition) is 1. The largest absolute Gasteiger partial charge is 0.369 e. The molecule has 0 radical (unpaired) electrons. The zero-order valence-electron chi connectivity index (χ0n) is 10.8. The van der Waals surface area contributed by atoms with E-state index >= 15 is 0 Å². The van der Waals surface area contributed by atoms with E-state index in [-0.39, 0.29) is 0 Å². The van der Waals surface area contributed by atoms with Gasteiger partial charge in [0.2, 0.25) is 5.95 Å². The van der Waals surface area contributed by atoms with Crippen LogP contribution in [0.5, 0.6) is 0 Å². The Labute approximate surface area is 125 Å². The van der Waals surface area contributed by atoms with Crippen LogP contribution in [0.4, 0.5) is 5.95 Å². The normalized spacial score (nSPS) is 11.1. The first-order valence-corrected chi connectivity index (χ1v) is 7.15. The second-order valence-corrected chi connectivity index (χ2v) is 5.97. The average Bonchev–Trinajstić information content (AvgIpc) is 2.65. The number of anilines is 1. The summed E-state index contributed by atoms with van der Waals surface area (Å²) < 4.78 is 3.18. The Morgan fingerprint density at radius 1 is 1.11 bits per heavy atom. The minimum atomic E-state index is 0.531. The molecule has 0 atom stereocenters. The van der Waals surface area contributed by atoms with Crippen molar-refractivity contribution in [3.05, 3.63) is 51.1 Å². The predicted octanol–water partition coefficient (Wildman–Crippen LogP) is 3.83. The maximum Gasteiger partial charge on any atom is 0.205 e. The Morgan fingerprint density at radius 2 is 1.89 bits per heavy atom. The van der Waals surface area contributed by atoms with Gasteiger partial charge in [-0.3, -0.25) is 4.57 Å². The monoisotopic (exact) mass is 363 g/mol. The van der Waals surface area contributed by atoms with E-state index in [4.69, 9.17) is 5.73 Å². The van der Waals surface area contributed by atoms with Crippen LogP contribution in [0, 0.1) is 17.4 Å². The summed E-state index contributed by atoms with van der Waals surface area (Å²) >= 11 is 2.28. The first kappa shape index (κ1) is 12.5. The van der Waals surface area contributed by atoms with Crippen molar-refractivity contribution >= 4 is 39.6 Å². The molecular formula is C15H14IN3. The lowest BCUT2D eigenvalue weighted by atomic mass is 10.1. The van der Waals surface area contributed by atoms with Crippen molar-refractivity contribution in [2.24, 2.45) is 0 Å². The summed E-state index contributed by atoms with van der Waals surface area (Å²) in [7, 11) is 0.